The minimum atomic E-state index is -1.20. The Balaban J connectivity index is 2.26. The zero-order valence-corrected chi connectivity index (χ0v) is 16.4. The van der Waals surface area contributed by atoms with E-state index >= 15 is 0 Å². The van der Waals surface area contributed by atoms with E-state index < -0.39 is 11.9 Å². The Morgan fingerprint density at radius 3 is 2.18 bits per heavy atom. The van der Waals surface area contributed by atoms with Crippen molar-refractivity contribution in [1.29, 1.82) is 0 Å². The first-order valence-corrected chi connectivity index (χ1v) is 9.13. The first-order valence-electron chi connectivity index (χ1n) is 9.13. The summed E-state index contributed by atoms with van der Waals surface area (Å²) in [5.74, 6) is -0.278. The van der Waals surface area contributed by atoms with Gasteiger partial charge in [0.05, 0.1) is 31.6 Å². The second-order valence-electron chi connectivity index (χ2n) is 6.36. The quantitative estimate of drug-likeness (QED) is 0.680. The van der Waals surface area contributed by atoms with Gasteiger partial charge in [-0.15, -0.1) is 0 Å². The highest BCUT2D eigenvalue weighted by Crippen LogP contribution is 2.33. The van der Waals surface area contributed by atoms with E-state index in [1.165, 1.54) is 0 Å². The van der Waals surface area contributed by atoms with Crippen molar-refractivity contribution in [1.82, 2.24) is 15.3 Å². The van der Waals surface area contributed by atoms with Crippen LogP contribution in [0.5, 0.6) is 11.5 Å². The van der Waals surface area contributed by atoms with Crippen LogP contribution in [-0.4, -0.2) is 40.2 Å². The Morgan fingerprint density at radius 1 is 1.04 bits per heavy atom. The molecule has 0 saturated carbocycles. The predicted octanol–water partition coefficient (Wildman–Crippen LogP) is 3.10. The van der Waals surface area contributed by atoms with Gasteiger partial charge in [-0.3, -0.25) is 4.79 Å². The fraction of sp³-hybridized carbons (Fsp3) is 0.400. The molecule has 1 unspecified atom stereocenters. The van der Waals surface area contributed by atoms with Crippen molar-refractivity contribution in [3.8, 4) is 11.5 Å². The lowest BCUT2D eigenvalue weighted by molar-refractivity contribution is 0.0688. The molecule has 0 spiro atoms. The van der Waals surface area contributed by atoms with E-state index in [4.69, 9.17) is 14.6 Å². The number of carboxylic acids is 1. The number of aromatic carboxylic acids is 1. The van der Waals surface area contributed by atoms with E-state index in [9.17, 15) is 9.59 Å². The van der Waals surface area contributed by atoms with Crippen LogP contribution in [-0.2, 0) is 0 Å². The molecule has 0 aliphatic heterocycles. The number of carbonyl (C=O) groups excluding carboxylic acids is 1. The zero-order valence-electron chi connectivity index (χ0n) is 16.4. The van der Waals surface area contributed by atoms with E-state index in [2.05, 4.69) is 15.3 Å². The summed E-state index contributed by atoms with van der Waals surface area (Å²) in [5.41, 5.74) is 0.696. The number of nitrogens with one attached hydrogen (secondary N) is 1. The van der Waals surface area contributed by atoms with Crippen LogP contribution in [0.4, 0.5) is 0 Å². The number of rotatable bonds is 9. The average Bonchev–Trinajstić information content (AvgIpc) is 2.67. The summed E-state index contributed by atoms with van der Waals surface area (Å²) in [6.45, 7) is 8.78. The maximum atomic E-state index is 12.6. The number of ether oxygens (including phenoxy) is 2. The Kier molecular flexibility index (Phi) is 7.31. The fourth-order valence-corrected chi connectivity index (χ4v) is 2.67. The largest absolute Gasteiger partial charge is 0.490 e. The molecule has 150 valence electrons. The van der Waals surface area contributed by atoms with Gasteiger partial charge in [0.2, 0.25) is 0 Å². The third-order valence-corrected chi connectivity index (χ3v) is 3.98. The van der Waals surface area contributed by atoms with Crippen LogP contribution in [0.2, 0.25) is 0 Å². The van der Waals surface area contributed by atoms with Crippen molar-refractivity contribution in [3.63, 3.8) is 0 Å². The summed E-state index contributed by atoms with van der Waals surface area (Å²) in [7, 11) is 0. The van der Waals surface area contributed by atoms with Gasteiger partial charge in [0.1, 0.15) is 5.69 Å². The number of carbonyl (C=O) groups is 2. The Bertz CT molecular complexity index is 821. The molecule has 1 aromatic heterocycles. The van der Waals surface area contributed by atoms with Crippen LogP contribution in [0.25, 0.3) is 0 Å². The van der Waals surface area contributed by atoms with E-state index in [1.807, 2.05) is 45.9 Å². The van der Waals surface area contributed by atoms with Crippen molar-refractivity contribution >= 4 is 11.9 Å². The summed E-state index contributed by atoms with van der Waals surface area (Å²) in [4.78, 5) is 31.1. The van der Waals surface area contributed by atoms with Crippen LogP contribution >= 0.6 is 0 Å². The number of carboxylic acid groups (broad SMARTS) is 1. The molecular formula is C20H25N3O5. The molecule has 0 radical (unpaired) electrons. The maximum absolute atomic E-state index is 12.6. The van der Waals surface area contributed by atoms with Crippen molar-refractivity contribution in [2.75, 3.05) is 13.2 Å². The number of amides is 1. The molecule has 1 atom stereocenters. The minimum Gasteiger partial charge on any atom is -0.490 e. The Hall–Kier alpha value is -3.16. The third kappa shape index (κ3) is 5.18. The van der Waals surface area contributed by atoms with Gasteiger partial charge in [-0.2, -0.15) is 0 Å². The van der Waals surface area contributed by atoms with Crippen LogP contribution < -0.4 is 14.8 Å². The van der Waals surface area contributed by atoms with Crippen LogP contribution in [0.3, 0.4) is 0 Å². The van der Waals surface area contributed by atoms with Gasteiger partial charge in [0.25, 0.3) is 5.91 Å². The summed E-state index contributed by atoms with van der Waals surface area (Å²) in [6, 6.07) is 5.27. The van der Waals surface area contributed by atoms with E-state index in [-0.39, 0.29) is 23.3 Å². The molecule has 1 aromatic carbocycles. The normalized spacial score (nSPS) is 11.8. The highest BCUT2D eigenvalue weighted by atomic mass is 16.5. The number of hydrogen-bond acceptors (Lipinski definition) is 6. The molecule has 2 rings (SSSR count). The lowest BCUT2D eigenvalue weighted by atomic mass is 9.95. The van der Waals surface area contributed by atoms with Gasteiger partial charge in [-0.25, -0.2) is 14.8 Å². The monoisotopic (exact) mass is 387 g/mol. The molecule has 1 amide bonds. The lowest BCUT2D eigenvalue weighted by Gasteiger charge is -2.24. The van der Waals surface area contributed by atoms with Crippen LogP contribution in [0.1, 0.15) is 60.3 Å². The average molecular weight is 387 g/mol. The van der Waals surface area contributed by atoms with E-state index in [1.54, 1.807) is 0 Å². The molecule has 0 aliphatic carbocycles. The van der Waals surface area contributed by atoms with Gasteiger partial charge < -0.3 is 19.9 Å². The van der Waals surface area contributed by atoms with Crippen LogP contribution in [0.15, 0.2) is 30.6 Å². The van der Waals surface area contributed by atoms with Crippen molar-refractivity contribution in [3.05, 3.63) is 47.5 Å². The highest BCUT2D eigenvalue weighted by Gasteiger charge is 2.22. The second kappa shape index (κ2) is 9.68. The molecule has 1 heterocycles. The van der Waals surface area contributed by atoms with Crippen molar-refractivity contribution in [2.45, 2.75) is 33.7 Å². The summed E-state index contributed by atoms with van der Waals surface area (Å²) in [5, 5.41) is 11.8. The first-order chi connectivity index (χ1) is 13.4. The molecule has 0 bridgehead atoms. The van der Waals surface area contributed by atoms with E-state index in [0.717, 1.165) is 18.0 Å². The number of aromatic nitrogens is 2. The minimum absolute atomic E-state index is 0.0478. The van der Waals surface area contributed by atoms with Crippen molar-refractivity contribution in [2.24, 2.45) is 5.92 Å². The first kappa shape index (κ1) is 21.1. The smallest absolute Gasteiger partial charge is 0.356 e. The lowest BCUT2D eigenvalue weighted by Crippen LogP contribution is -2.32. The van der Waals surface area contributed by atoms with Gasteiger partial charge in [0, 0.05) is 0 Å². The van der Waals surface area contributed by atoms with Gasteiger partial charge in [0.15, 0.2) is 17.2 Å². The van der Waals surface area contributed by atoms with Crippen molar-refractivity contribution < 1.29 is 24.2 Å². The predicted molar refractivity (Wildman–Crippen MR) is 103 cm³/mol. The molecule has 0 aliphatic rings. The summed E-state index contributed by atoms with van der Waals surface area (Å²) >= 11 is 0. The standard InChI is InChI=1S/C20H25N3O5/c1-5-27-16-8-7-13(9-17(16)28-6-2)18(12(3)4)23-19(24)14-10-22-15(11-21-14)20(25)26/h7-12,18H,5-6H2,1-4H3,(H,23,24)(H,25,26). The van der Waals surface area contributed by atoms with Gasteiger partial charge >= 0.3 is 5.97 Å². The van der Waals surface area contributed by atoms with E-state index in [0.29, 0.717) is 24.7 Å². The molecule has 8 heteroatoms. The van der Waals surface area contributed by atoms with Crippen LogP contribution in [0, 0.1) is 5.92 Å². The molecule has 8 nitrogen and oxygen atoms in total. The Morgan fingerprint density at radius 2 is 1.64 bits per heavy atom. The Labute approximate surface area is 163 Å². The molecular weight excluding hydrogens is 362 g/mol. The molecule has 2 aromatic rings. The molecule has 2 N–H and O–H groups in total. The second-order valence-corrected chi connectivity index (χ2v) is 6.36. The number of hydrogen-bond donors (Lipinski definition) is 2. The number of nitrogens with zero attached hydrogens (tertiary/aromatic N) is 2. The fourth-order valence-electron chi connectivity index (χ4n) is 2.67. The SMILES string of the molecule is CCOc1ccc(C(NC(=O)c2cnc(C(=O)O)cn2)C(C)C)cc1OCC. The molecule has 0 saturated heterocycles. The molecule has 28 heavy (non-hydrogen) atoms. The summed E-state index contributed by atoms with van der Waals surface area (Å²) < 4.78 is 11.3. The van der Waals surface area contributed by atoms with Gasteiger partial charge in [-0.05, 0) is 37.5 Å². The maximum Gasteiger partial charge on any atom is 0.356 e. The molecule has 0 fully saturated rings. The third-order valence-electron chi connectivity index (χ3n) is 3.98. The topological polar surface area (TPSA) is 111 Å². The zero-order chi connectivity index (χ0) is 20.7. The number of benzene rings is 1. The summed E-state index contributed by atoms with van der Waals surface area (Å²) in [6.07, 6.45) is 2.21. The highest BCUT2D eigenvalue weighted by molar-refractivity contribution is 5.93. The van der Waals surface area contributed by atoms with Gasteiger partial charge in [-0.1, -0.05) is 19.9 Å².